The predicted molar refractivity (Wildman–Crippen MR) is 60.4 cm³/mol. The topological polar surface area (TPSA) is 224 Å². The summed E-state index contributed by atoms with van der Waals surface area (Å²) >= 11 is 0. The van der Waals surface area contributed by atoms with Crippen LogP contribution in [0.1, 0.15) is 0 Å². The minimum Gasteiger partial charge on any atom is -0.467 e. The zero-order chi connectivity index (χ0) is 15.3. The van der Waals surface area contributed by atoms with Crippen molar-refractivity contribution in [3.63, 3.8) is 0 Å². The molecule has 0 aliphatic carbocycles. The number of aromatic nitrogens is 3. The van der Waals surface area contributed by atoms with Crippen molar-refractivity contribution in [2.45, 2.75) is 0 Å². The van der Waals surface area contributed by atoms with Gasteiger partial charge >= 0.3 is 21.7 Å². The summed E-state index contributed by atoms with van der Waals surface area (Å²) in [5, 5.41) is 0. The van der Waals surface area contributed by atoms with Gasteiger partial charge in [0.15, 0.2) is 0 Å². The van der Waals surface area contributed by atoms with Crippen molar-refractivity contribution in [2.24, 2.45) is 0 Å². The van der Waals surface area contributed by atoms with E-state index < -0.39 is 15.6 Å². The maximum absolute atomic E-state index is 9.63. The van der Waals surface area contributed by atoms with E-state index in [0.29, 0.717) is 0 Å². The second-order valence-corrected chi connectivity index (χ2v) is 5.22. The van der Waals surface area contributed by atoms with Crippen LogP contribution in [0.3, 0.4) is 0 Å². The van der Waals surface area contributed by atoms with Gasteiger partial charge in [-0.25, -0.2) is 9.13 Å². The monoisotopic (exact) mass is 319 g/mol. The van der Waals surface area contributed by atoms with E-state index in [0.717, 1.165) is 0 Å². The van der Waals surface area contributed by atoms with Crippen LogP contribution in [0.15, 0.2) is 0 Å². The second-order valence-electron chi connectivity index (χ2n) is 2.60. The number of methoxy groups -OCH3 is 1. The van der Waals surface area contributed by atoms with Crippen molar-refractivity contribution in [1.29, 1.82) is 0 Å². The molecule has 1 aromatic heterocycles. The summed E-state index contributed by atoms with van der Waals surface area (Å²) in [6.45, 7) is 0. The molecule has 0 aliphatic heterocycles. The van der Waals surface area contributed by atoms with E-state index in [9.17, 15) is 9.13 Å². The molecule has 0 radical (unpaired) electrons. The van der Waals surface area contributed by atoms with Crippen LogP contribution in [0.25, 0.3) is 0 Å². The number of nitrogens with two attached hydrogens (primary N) is 2. The standard InChI is InChI=1S/C4H7N5O.H4O7P2/c1-10-4-8-2(5)7-3(6)9-4;1-8(2,3)7-9(4,5)6/h1H3,(H4,5,6,7,8,9);(H2,1,2,3)(H2,4,5,6). The number of nitrogens with zero attached hydrogens (tertiary/aromatic N) is 3. The van der Waals surface area contributed by atoms with E-state index in [1.165, 1.54) is 7.11 Å². The Morgan fingerprint density at radius 1 is 0.947 bits per heavy atom. The van der Waals surface area contributed by atoms with Gasteiger partial charge in [0, 0.05) is 0 Å². The number of hydrogen-bond acceptors (Lipinski definition) is 9. The minimum absolute atomic E-state index is 0.0596. The van der Waals surface area contributed by atoms with Crippen molar-refractivity contribution in [3.8, 4) is 6.01 Å². The first-order valence-corrected chi connectivity index (χ1v) is 7.12. The van der Waals surface area contributed by atoms with Crippen molar-refractivity contribution in [1.82, 2.24) is 15.0 Å². The van der Waals surface area contributed by atoms with Gasteiger partial charge in [-0.15, -0.1) is 0 Å². The van der Waals surface area contributed by atoms with Crippen LogP contribution in [-0.4, -0.2) is 41.6 Å². The fraction of sp³-hybridized carbons (Fsp3) is 0.250. The van der Waals surface area contributed by atoms with Gasteiger partial charge in [-0.05, 0) is 0 Å². The van der Waals surface area contributed by atoms with Gasteiger partial charge in [-0.3, -0.25) is 0 Å². The lowest BCUT2D eigenvalue weighted by Crippen LogP contribution is -2.04. The Hall–Kier alpha value is -1.33. The molecule has 0 spiro atoms. The smallest absolute Gasteiger partial charge is 0.467 e. The summed E-state index contributed by atoms with van der Waals surface area (Å²) in [6, 6.07) is 0.130. The Labute approximate surface area is 106 Å². The zero-order valence-corrected chi connectivity index (χ0v) is 11.1. The number of hydrogen-bond donors (Lipinski definition) is 6. The summed E-state index contributed by atoms with van der Waals surface area (Å²) in [6.07, 6.45) is 0. The predicted octanol–water partition coefficient (Wildman–Crippen LogP) is -1.77. The average molecular weight is 319 g/mol. The van der Waals surface area contributed by atoms with E-state index >= 15 is 0 Å². The Balaban J connectivity index is 0.000000344. The third-order valence-corrected chi connectivity index (χ3v) is 2.75. The molecule has 0 bridgehead atoms. The van der Waals surface area contributed by atoms with Crippen molar-refractivity contribution in [3.05, 3.63) is 0 Å². The molecule has 0 fully saturated rings. The molecule has 0 aromatic carbocycles. The zero-order valence-electron chi connectivity index (χ0n) is 9.31. The lowest BCUT2D eigenvalue weighted by molar-refractivity contribution is 0.225. The molecule has 0 aliphatic rings. The van der Waals surface area contributed by atoms with Gasteiger partial charge in [0.05, 0.1) is 7.11 Å². The molecule has 19 heavy (non-hydrogen) atoms. The minimum atomic E-state index is -5.05. The third kappa shape index (κ3) is 10.3. The van der Waals surface area contributed by atoms with Gasteiger partial charge in [-0.1, -0.05) is 0 Å². The van der Waals surface area contributed by atoms with Crippen molar-refractivity contribution in [2.75, 3.05) is 18.6 Å². The average Bonchev–Trinajstić information content (AvgIpc) is 2.10. The van der Waals surface area contributed by atoms with Gasteiger partial charge in [0.1, 0.15) is 0 Å². The lowest BCUT2D eigenvalue weighted by Gasteiger charge is -2.03. The molecule has 0 amide bonds. The van der Waals surface area contributed by atoms with Crippen LogP contribution in [0.5, 0.6) is 6.01 Å². The Bertz CT molecular complexity index is 472. The highest BCUT2D eigenvalue weighted by molar-refractivity contribution is 7.60. The van der Waals surface area contributed by atoms with Crippen molar-refractivity contribution >= 4 is 27.5 Å². The molecule has 0 saturated heterocycles. The van der Waals surface area contributed by atoms with E-state index in [4.69, 9.17) is 31.0 Å². The fourth-order valence-electron chi connectivity index (χ4n) is 0.618. The fourth-order valence-corrected chi connectivity index (χ4v) is 1.73. The van der Waals surface area contributed by atoms with Crippen LogP contribution < -0.4 is 16.2 Å². The molecule has 8 N–H and O–H groups in total. The number of anilines is 2. The molecule has 110 valence electrons. The molecule has 1 aromatic rings. The largest absolute Gasteiger partial charge is 0.478 e. The molecular formula is C4H11N5O8P2. The van der Waals surface area contributed by atoms with Gasteiger partial charge in [-0.2, -0.15) is 19.3 Å². The van der Waals surface area contributed by atoms with Gasteiger partial charge in [0.25, 0.3) is 0 Å². The SMILES string of the molecule is COc1nc(N)nc(N)n1.O=P(O)(O)OP(=O)(O)O. The first-order chi connectivity index (χ1) is 8.43. The molecule has 1 heterocycles. The number of phosphoric acid groups is 2. The second kappa shape index (κ2) is 6.73. The number of nitrogen functional groups attached to an aromatic ring is 2. The lowest BCUT2D eigenvalue weighted by atomic mass is 10.9. The highest BCUT2D eigenvalue weighted by atomic mass is 31.3. The molecule has 0 saturated carbocycles. The summed E-state index contributed by atoms with van der Waals surface area (Å²) < 4.78 is 26.9. The summed E-state index contributed by atoms with van der Waals surface area (Å²) in [5.74, 6) is 0.119. The molecule has 0 atom stereocenters. The maximum atomic E-state index is 9.63. The van der Waals surface area contributed by atoms with Crippen LogP contribution in [0.4, 0.5) is 11.9 Å². The quantitative estimate of drug-likeness (QED) is 0.339. The summed E-state index contributed by atoms with van der Waals surface area (Å²) in [7, 11) is -8.68. The maximum Gasteiger partial charge on any atom is 0.478 e. The summed E-state index contributed by atoms with van der Waals surface area (Å²) in [5.41, 5.74) is 10.4. The van der Waals surface area contributed by atoms with Crippen LogP contribution >= 0.6 is 15.6 Å². The molecule has 1 rings (SSSR count). The summed E-state index contributed by atoms with van der Waals surface area (Å²) in [4.78, 5) is 41.7. The molecule has 0 unspecified atom stereocenters. The van der Waals surface area contributed by atoms with E-state index in [1.807, 2.05) is 0 Å². The van der Waals surface area contributed by atoms with Gasteiger partial charge < -0.3 is 35.8 Å². The highest BCUT2D eigenvalue weighted by Crippen LogP contribution is 2.53. The van der Waals surface area contributed by atoms with E-state index in [1.54, 1.807) is 0 Å². The van der Waals surface area contributed by atoms with E-state index in [2.05, 4.69) is 24.0 Å². The van der Waals surface area contributed by atoms with Crippen molar-refractivity contribution < 1.29 is 37.8 Å². The Kier molecular flexibility index (Phi) is 6.25. The normalized spacial score (nSPS) is 11.4. The molecular weight excluding hydrogens is 308 g/mol. The highest BCUT2D eigenvalue weighted by Gasteiger charge is 2.27. The van der Waals surface area contributed by atoms with Gasteiger partial charge in [0.2, 0.25) is 11.9 Å². The first-order valence-electron chi connectivity index (χ1n) is 4.06. The molecule has 13 nitrogen and oxygen atoms in total. The first kappa shape index (κ1) is 17.7. The third-order valence-electron chi connectivity index (χ3n) is 1.04. The number of ether oxygens (including phenoxy) is 1. The van der Waals surface area contributed by atoms with Crippen LogP contribution in [-0.2, 0) is 13.4 Å². The number of rotatable bonds is 3. The Morgan fingerprint density at radius 3 is 1.53 bits per heavy atom. The van der Waals surface area contributed by atoms with Crippen LogP contribution in [0.2, 0.25) is 0 Å². The van der Waals surface area contributed by atoms with Crippen LogP contribution in [0, 0.1) is 0 Å². The Morgan fingerprint density at radius 2 is 1.32 bits per heavy atom. The molecule has 15 heteroatoms. The van der Waals surface area contributed by atoms with E-state index in [-0.39, 0.29) is 17.9 Å².